The highest BCUT2D eigenvalue weighted by atomic mass is 16.5. The number of fused-ring (bicyclic) bond motifs is 1. The van der Waals surface area contributed by atoms with Crippen molar-refractivity contribution in [1.82, 2.24) is 0 Å². The molecule has 0 spiro atoms. The number of nitrogens with two attached hydrogens (primary N) is 1. The molecule has 0 saturated carbocycles. The van der Waals surface area contributed by atoms with Gasteiger partial charge in [-0.15, -0.1) is 0 Å². The van der Waals surface area contributed by atoms with E-state index in [4.69, 9.17) is 10.5 Å². The molecule has 21 heavy (non-hydrogen) atoms. The topological polar surface area (TPSA) is 35.2 Å². The van der Waals surface area contributed by atoms with Crippen LogP contribution in [-0.2, 0) is 4.74 Å². The van der Waals surface area contributed by atoms with Gasteiger partial charge >= 0.3 is 0 Å². The van der Waals surface area contributed by atoms with E-state index in [0.717, 1.165) is 0 Å². The number of benzene rings is 2. The molecule has 2 aromatic rings. The van der Waals surface area contributed by atoms with Crippen molar-refractivity contribution in [3.8, 4) is 0 Å². The molecule has 2 nitrogen and oxygen atoms in total. The summed E-state index contributed by atoms with van der Waals surface area (Å²) in [6.45, 7) is 8.72. The first-order chi connectivity index (χ1) is 10.0. The largest absolute Gasteiger partial charge is 0.375 e. The number of ether oxygens (including phenoxy) is 1. The van der Waals surface area contributed by atoms with Gasteiger partial charge in [0.1, 0.15) is 0 Å². The van der Waals surface area contributed by atoms with Crippen LogP contribution in [0.4, 0.5) is 0 Å². The zero-order chi connectivity index (χ0) is 15.1. The van der Waals surface area contributed by atoms with Crippen LogP contribution in [0.25, 0.3) is 10.8 Å². The van der Waals surface area contributed by atoms with E-state index in [-0.39, 0.29) is 18.2 Å². The Morgan fingerprint density at radius 2 is 1.62 bits per heavy atom. The number of hydrogen-bond donors (Lipinski definition) is 1. The Kier molecular flexibility index (Phi) is 3.76. The molecule has 0 aliphatic carbocycles. The van der Waals surface area contributed by atoms with Gasteiger partial charge in [0.25, 0.3) is 0 Å². The Hall–Kier alpha value is -1.38. The molecule has 0 radical (unpaired) electrons. The van der Waals surface area contributed by atoms with Crippen molar-refractivity contribution in [3.63, 3.8) is 0 Å². The second-order valence-corrected chi connectivity index (χ2v) is 6.53. The lowest BCUT2D eigenvalue weighted by atomic mass is 9.79. The summed E-state index contributed by atoms with van der Waals surface area (Å²) in [6, 6.07) is 13.0. The molecule has 1 aliphatic heterocycles. The van der Waals surface area contributed by atoms with E-state index in [2.05, 4.69) is 64.1 Å². The van der Waals surface area contributed by atoms with Crippen LogP contribution >= 0.6 is 0 Å². The normalized spacial score (nSPS) is 30.7. The van der Waals surface area contributed by atoms with E-state index in [1.807, 2.05) is 0 Å². The van der Waals surface area contributed by atoms with Gasteiger partial charge in [-0.2, -0.15) is 0 Å². The van der Waals surface area contributed by atoms with Crippen molar-refractivity contribution in [2.24, 2.45) is 17.6 Å². The van der Waals surface area contributed by atoms with Crippen molar-refractivity contribution >= 4 is 10.8 Å². The molecule has 1 fully saturated rings. The highest BCUT2D eigenvalue weighted by Gasteiger charge is 2.41. The van der Waals surface area contributed by atoms with E-state index in [1.165, 1.54) is 21.9 Å². The Labute approximate surface area is 127 Å². The van der Waals surface area contributed by atoms with Crippen LogP contribution in [0.3, 0.4) is 0 Å². The van der Waals surface area contributed by atoms with Crippen molar-refractivity contribution in [2.75, 3.05) is 0 Å². The minimum absolute atomic E-state index is 0.0189. The van der Waals surface area contributed by atoms with Gasteiger partial charge in [0, 0.05) is 12.0 Å². The maximum atomic E-state index is 6.68. The second-order valence-electron chi connectivity index (χ2n) is 6.53. The maximum absolute atomic E-state index is 6.68. The number of aryl methyl sites for hydroxylation is 1. The first kappa shape index (κ1) is 14.6. The summed E-state index contributed by atoms with van der Waals surface area (Å²) in [5, 5.41) is 2.58. The third-order valence-electron chi connectivity index (χ3n) is 5.27. The predicted octanol–water partition coefficient (Wildman–Crippen LogP) is 4.21. The van der Waals surface area contributed by atoms with Gasteiger partial charge in [0.05, 0.1) is 12.2 Å². The SMILES string of the molecule is Cc1ccc(C(N)C2C(C)OC(C)C2C)c2ccccc12. The predicted molar refractivity (Wildman–Crippen MR) is 88.3 cm³/mol. The highest BCUT2D eigenvalue weighted by Crippen LogP contribution is 2.41. The summed E-state index contributed by atoms with van der Waals surface area (Å²) >= 11 is 0. The first-order valence-corrected chi connectivity index (χ1v) is 7.90. The Balaban J connectivity index is 2.06. The summed E-state index contributed by atoms with van der Waals surface area (Å²) in [4.78, 5) is 0. The van der Waals surface area contributed by atoms with Crippen LogP contribution in [-0.4, -0.2) is 12.2 Å². The summed E-state index contributed by atoms with van der Waals surface area (Å²) in [5.41, 5.74) is 9.23. The lowest BCUT2D eigenvalue weighted by molar-refractivity contribution is 0.0490. The second kappa shape index (κ2) is 5.43. The maximum Gasteiger partial charge on any atom is 0.0600 e. The summed E-state index contributed by atoms with van der Waals surface area (Å²) < 4.78 is 5.98. The molecule has 0 bridgehead atoms. The van der Waals surface area contributed by atoms with Crippen LogP contribution in [0.5, 0.6) is 0 Å². The van der Waals surface area contributed by atoms with Crippen LogP contribution in [0.1, 0.15) is 37.9 Å². The molecular weight excluding hydrogens is 258 g/mol. The van der Waals surface area contributed by atoms with E-state index in [9.17, 15) is 0 Å². The molecule has 1 saturated heterocycles. The van der Waals surface area contributed by atoms with E-state index < -0.39 is 0 Å². The molecule has 0 aromatic heterocycles. The molecule has 2 heteroatoms. The van der Waals surface area contributed by atoms with Crippen LogP contribution in [0.15, 0.2) is 36.4 Å². The van der Waals surface area contributed by atoms with E-state index in [0.29, 0.717) is 11.8 Å². The fourth-order valence-corrected chi connectivity index (χ4v) is 3.88. The molecule has 112 valence electrons. The first-order valence-electron chi connectivity index (χ1n) is 7.90. The third kappa shape index (κ3) is 2.37. The standard InChI is InChI=1S/C19H25NO/c1-11-9-10-17(16-8-6-5-7-15(11)16)19(20)18-12(2)13(3)21-14(18)4/h5-10,12-14,18-19H,20H2,1-4H3. The molecule has 5 atom stereocenters. The summed E-state index contributed by atoms with van der Waals surface area (Å²) in [5.74, 6) is 0.848. The Morgan fingerprint density at radius 1 is 0.952 bits per heavy atom. The minimum atomic E-state index is 0.0189. The molecule has 0 amide bonds. The average molecular weight is 283 g/mol. The zero-order valence-corrected chi connectivity index (χ0v) is 13.3. The zero-order valence-electron chi connectivity index (χ0n) is 13.3. The number of rotatable bonds is 2. The smallest absolute Gasteiger partial charge is 0.0600 e. The number of hydrogen-bond acceptors (Lipinski definition) is 2. The fraction of sp³-hybridized carbons (Fsp3) is 0.474. The lowest BCUT2D eigenvalue weighted by Gasteiger charge is -2.27. The van der Waals surface area contributed by atoms with Gasteiger partial charge in [-0.25, -0.2) is 0 Å². The van der Waals surface area contributed by atoms with E-state index >= 15 is 0 Å². The van der Waals surface area contributed by atoms with Gasteiger partial charge in [-0.3, -0.25) is 0 Å². The molecule has 1 aliphatic rings. The monoisotopic (exact) mass is 283 g/mol. The minimum Gasteiger partial charge on any atom is -0.375 e. The van der Waals surface area contributed by atoms with E-state index in [1.54, 1.807) is 0 Å². The van der Waals surface area contributed by atoms with Crippen molar-refractivity contribution in [2.45, 2.75) is 45.9 Å². The van der Waals surface area contributed by atoms with Crippen molar-refractivity contribution in [1.29, 1.82) is 0 Å². The summed E-state index contributed by atoms with van der Waals surface area (Å²) in [7, 11) is 0. The Morgan fingerprint density at radius 3 is 2.24 bits per heavy atom. The summed E-state index contributed by atoms with van der Waals surface area (Å²) in [6.07, 6.45) is 0.498. The van der Waals surface area contributed by atoms with Gasteiger partial charge in [0.15, 0.2) is 0 Å². The third-order valence-corrected chi connectivity index (χ3v) is 5.27. The molecule has 5 unspecified atom stereocenters. The molecule has 1 heterocycles. The van der Waals surface area contributed by atoms with Crippen molar-refractivity contribution < 1.29 is 4.74 Å². The molecule has 3 rings (SSSR count). The van der Waals surface area contributed by atoms with Crippen LogP contribution < -0.4 is 5.73 Å². The van der Waals surface area contributed by atoms with Gasteiger partial charge < -0.3 is 10.5 Å². The van der Waals surface area contributed by atoms with Crippen LogP contribution in [0, 0.1) is 18.8 Å². The molecule has 2 aromatic carbocycles. The van der Waals surface area contributed by atoms with Crippen LogP contribution in [0.2, 0.25) is 0 Å². The quantitative estimate of drug-likeness (QED) is 0.896. The average Bonchev–Trinajstić information content (AvgIpc) is 2.72. The van der Waals surface area contributed by atoms with Gasteiger partial charge in [-0.1, -0.05) is 43.3 Å². The molecular formula is C19H25NO. The fourth-order valence-electron chi connectivity index (χ4n) is 3.88. The molecule has 2 N–H and O–H groups in total. The van der Waals surface area contributed by atoms with Crippen molar-refractivity contribution in [3.05, 3.63) is 47.5 Å². The highest BCUT2D eigenvalue weighted by molar-refractivity contribution is 5.88. The lowest BCUT2D eigenvalue weighted by Crippen LogP contribution is -2.30. The van der Waals surface area contributed by atoms with Gasteiger partial charge in [0.2, 0.25) is 0 Å². The van der Waals surface area contributed by atoms with Gasteiger partial charge in [-0.05, 0) is 48.6 Å². The Bertz CT molecular complexity index is 651.